The van der Waals surface area contributed by atoms with E-state index < -0.39 is 5.41 Å². The number of anilines is 3. The van der Waals surface area contributed by atoms with Crippen LogP contribution in [0.2, 0.25) is 0 Å². The predicted octanol–water partition coefficient (Wildman–Crippen LogP) is 14.3. The Morgan fingerprint density at radius 1 is 0.387 bits per heavy atom. The summed E-state index contributed by atoms with van der Waals surface area (Å²) in [6, 6.07) is 83.7. The molecule has 0 fully saturated rings. The molecular formula is C59H41N3. The zero-order valence-electron chi connectivity index (χ0n) is 34.0. The average Bonchev–Trinajstić information content (AvgIpc) is 3.65. The number of rotatable bonds is 6. The van der Waals surface area contributed by atoms with E-state index in [1.165, 1.54) is 67.0 Å². The van der Waals surface area contributed by atoms with Crippen molar-refractivity contribution in [3.05, 3.63) is 276 Å². The lowest BCUT2D eigenvalue weighted by molar-refractivity contribution is 0.664. The van der Waals surface area contributed by atoms with Gasteiger partial charge in [-0.1, -0.05) is 200 Å². The minimum atomic E-state index is -0.501. The molecule has 3 heteroatoms. The van der Waals surface area contributed by atoms with Crippen molar-refractivity contribution in [3.63, 3.8) is 0 Å². The monoisotopic (exact) mass is 791 g/mol. The van der Waals surface area contributed by atoms with Crippen LogP contribution in [0, 0.1) is 0 Å². The number of benzene rings is 9. The summed E-state index contributed by atoms with van der Waals surface area (Å²) in [5, 5.41) is 3.79. The maximum atomic E-state index is 5.24. The summed E-state index contributed by atoms with van der Waals surface area (Å²) in [6.45, 7) is 0. The summed E-state index contributed by atoms with van der Waals surface area (Å²) < 4.78 is 0. The lowest BCUT2D eigenvalue weighted by Gasteiger charge is -2.45. The van der Waals surface area contributed by atoms with E-state index in [2.05, 4.69) is 247 Å². The van der Waals surface area contributed by atoms with Crippen LogP contribution in [-0.4, -0.2) is 5.71 Å². The molecular weight excluding hydrogens is 751 g/mol. The van der Waals surface area contributed by atoms with Gasteiger partial charge < -0.3 is 10.2 Å². The zero-order chi connectivity index (χ0) is 41.0. The van der Waals surface area contributed by atoms with Gasteiger partial charge in [-0.05, 0) is 109 Å². The topological polar surface area (TPSA) is 27.6 Å². The van der Waals surface area contributed by atoms with Gasteiger partial charge in [0, 0.05) is 11.4 Å². The van der Waals surface area contributed by atoms with Crippen molar-refractivity contribution in [3.8, 4) is 33.4 Å². The fourth-order valence-corrected chi connectivity index (χ4v) is 10.1. The highest BCUT2D eigenvalue weighted by Gasteiger charge is 2.51. The highest BCUT2D eigenvalue weighted by molar-refractivity contribution is 6.13. The lowest BCUT2D eigenvalue weighted by Crippen LogP contribution is -2.36. The molecule has 2 aliphatic heterocycles. The van der Waals surface area contributed by atoms with Crippen molar-refractivity contribution >= 4 is 28.5 Å². The Kier molecular flexibility index (Phi) is 8.46. The largest absolute Gasteiger partial charge is 0.360 e. The first-order valence-corrected chi connectivity index (χ1v) is 21.4. The van der Waals surface area contributed by atoms with E-state index in [4.69, 9.17) is 4.99 Å². The molecule has 1 spiro atoms. The fraction of sp³-hybridized carbons (Fsp3) is 0.0339. The third kappa shape index (κ3) is 5.70. The molecule has 2 heterocycles. The van der Waals surface area contributed by atoms with Crippen LogP contribution in [0.3, 0.4) is 0 Å². The molecule has 0 bridgehead atoms. The number of allylic oxidation sites excluding steroid dienone is 1. The van der Waals surface area contributed by atoms with Gasteiger partial charge in [-0.3, -0.25) is 4.99 Å². The number of hydrogen-bond acceptors (Lipinski definition) is 3. The van der Waals surface area contributed by atoms with E-state index in [9.17, 15) is 0 Å². The second-order valence-corrected chi connectivity index (χ2v) is 16.3. The molecule has 9 aromatic rings. The second kappa shape index (κ2) is 14.6. The van der Waals surface area contributed by atoms with Crippen molar-refractivity contribution in [1.29, 1.82) is 0 Å². The molecule has 0 saturated heterocycles. The Bertz CT molecular complexity index is 3140. The molecule has 12 rings (SSSR count). The lowest BCUT2D eigenvalue weighted by atomic mass is 9.64. The third-order valence-electron chi connectivity index (χ3n) is 12.9. The van der Waals surface area contributed by atoms with Crippen molar-refractivity contribution < 1.29 is 0 Å². The minimum absolute atomic E-state index is 0.233. The smallest absolute Gasteiger partial charge is 0.145 e. The van der Waals surface area contributed by atoms with E-state index in [1.807, 2.05) is 0 Å². The van der Waals surface area contributed by atoms with E-state index in [-0.39, 0.29) is 6.17 Å². The molecule has 0 saturated carbocycles. The number of aliphatic imine (C=N–C) groups is 1. The molecule has 1 unspecified atom stereocenters. The van der Waals surface area contributed by atoms with Gasteiger partial charge in [0.15, 0.2) is 0 Å². The fourth-order valence-electron chi connectivity index (χ4n) is 10.1. The molecule has 1 atom stereocenters. The molecule has 62 heavy (non-hydrogen) atoms. The van der Waals surface area contributed by atoms with Gasteiger partial charge in [-0.2, -0.15) is 0 Å². The van der Waals surface area contributed by atoms with Crippen molar-refractivity contribution in [2.75, 3.05) is 4.90 Å². The summed E-state index contributed by atoms with van der Waals surface area (Å²) in [5.41, 5.74) is 20.9. The van der Waals surface area contributed by atoms with Crippen molar-refractivity contribution in [2.24, 2.45) is 4.99 Å². The van der Waals surface area contributed by atoms with Crippen molar-refractivity contribution in [1.82, 2.24) is 5.32 Å². The van der Waals surface area contributed by atoms with Crippen LogP contribution in [0.4, 0.5) is 17.1 Å². The minimum Gasteiger partial charge on any atom is -0.360 e. The summed E-state index contributed by atoms with van der Waals surface area (Å²) in [7, 11) is 0. The van der Waals surface area contributed by atoms with Crippen LogP contribution in [0.5, 0.6) is 0 Å². The van der Waals surface area contributed by atoms with Crippen LogP contribution >= 0.6 is 0 Å². The normalized spacial score (nSPS) is 15.4. The number of nitrogens with one attached hydrogen (secondary N) is 1. The van der Waals surface area contributed by atoms with Gasteiger partial charge in [0.1, 0.15) is 6.17 Å². The number of fused-ring (bicyclic) bond motifs is 9. The van der Waals surface area contributed by atoms with Gasteiger partial charge in [0.05, 0.1) is 22.5 Å². The molecule has 1 N–H and O–H groups in total. The summed E-state index contributed by atoms with van der Waals surface area (Å²) >= 11 is 0. The maximum Gasteiger partial charge on any atom is 0.145 e. The van der Waals surface area contributed by atoms with E-state index in [0.29, 0.717) is 0 Å². The van der Waals surface area contributed by atoms with Crippen molar-refractivity contribution in [2.45, 2.75) is 11.6 Å². The molecule has 9 aromatic carbocycles. The Balaban J connectivity index is 0.942. The summed E-state index contributed by atoms with van der Waals surface area (Å²) in [6.07, 6.45) is 1.95. The molecule has 1 aliphatic carbocycles. The van der Waals surface area contributed by atoms with Gasteiger partial charge in [0.25, 0.3) is 0 Å². The standard InChI is InChI=1S/C59H41N3/c1-4-16-40(17-5-1)41-30-34-45(35-31-41)58-60-54(43-18-6-2-7-19-43)39-55(61-58)44-32-28-42(29-33-44)46-36-37-49-48-22-10-11-23-50(48)59(53(49)38-46)51-24-12-14-26-56(51)62(47-20-8-3-9-21-47)57-27-15-13-25-52(57)59/h1-39,58,61H. The van der Waals surface area contributed by atoms with Gasteiger partial charge in [0.2, 0.25) is 0 Å². The first kappa shape index (κ1) is 35.9. The van der Waals surface area contributed by atoms with Gasteiger partial charge in [-0.15, -0.1) is 0 Å². The molecule has 292 valence electrons. The Morgan fingerprint density at radius 3 is 1.55 bits per heavy atom. The van der Waals surface area contributed by atoms with Crippen LogP contribution in [0.1, 0.15) is 45.1 Å². The summed E-state index contributed by atoms with van der Waals surface area (Å²) in [4.78, 5) is 7.67. The van der Waals surface area contributed by atoms with Crippen LogP contribution in [0.25, 0.3) is 39.1 Å². The van der Waals surface area contributed by atoms with Gasteiger partial charge in [-0.25, -0.2) is 0 Å². The molecule has 0 aromatic heterocycles. The number of nitrogens with zero attached hydrogens (tertiary/aromatic N) is 2. The Hall–Kier alpha value is -8.01. The number of hydrogen-bond donors (Lipinski definition) is 1. The van der Waals surface area contributed by atoms with Crippen LogP contribution in [0.15, 0.2) is 242 Å². The zero-order valence-corrected chi connectivity index (χ0v) is 34.0. The van der Waals surface area contributed by atoms with Crippen LogP contribution < -0.4 is 10.2 Å². The first-order valence-electron chi connectivity index (χ1n) is 21.4. The predicted molar refractivity (Wildman–Crippen MR) is 256 cm³/mol. The van der Waals surface area contributed by atoms with E-state index >= 15 is 0 Å². The number of para-hydroxylation sites is 3. The Labute approximate surface area is 362 Å². The highest BCUT2D eigenvalue weighted by atomic mass is 15.2. The molecule has 3 nitrogen and oxygen atoms in total. The highest BCUT2D eigenvalue weighted by Crippen LogP contribution is 2.63. The second-order valence-electron chi connectivity index (χ2n) is 16.3. The maximum absolute atomic E-state index is 5.24. The van der Waals surface area contributed by atoms with E-state index in [0.717, 1.165) is 33.8 Å². The quantitative estimate of drug-likeness (QED) is 0.182. The average molecular weight is 792 g/mol. The summed E-state index contributed by atoms with van der Waals surface area (Å²) in [5.74, 6) is 0. The Morgan fingerprint density at radius 2 is 0.871 bits per heavy atom. The molecule has 3 aliphatic rings. The van der Waals surface area contributed by atoms with Gasteiger partial charge >= 0.3 is 0 Å². The SMILES string of the molecule is C1=C(c2ccc(-c3ccc4c(c3)C3(c5ccccc5-4)c4ccccc4N(c4ccccc4)c4ccccc43)cc2)NC(c2ccc(-c3ccccc3)cc2)N=C1c1ccccc1. The van der Waals surface area contributed by atoms with E-state index in [1.54, 1.807) is 0 Å². The molecule has 0 amide bonds. The third-order valence-corrected chi connectivity index (χ3v) is 12.9. The molecule has 0 radical (unpaired) electrons. The first-order chi connectivity index (χ1) is 30.7. The van der Waals surface area contributed by atoms with Crippen LogP contribution in [-0.2, 0) is 5.41 Å².